The summed E-state index contributed by atoms with van der Waals surface area (Å²) in [5.41, 5.74) is 3.20. The topological polar surface area (TPSA) is 23.6 Å². The molecule has 0 atom stereocenters. The Kier molecular flexibility index (Phi) is 5.13. The van der Waals surface area contributed by atoms with Crippen molar-refractivity contribution >= 4 is 5.91 Å². The summed E-state index contributed by atoms with van der Waals surface area (Å²) in [5.74, 6) is -1.56. The molecule has 0 aromatic heterocycles. The van der Waals surface area contributed by atoms with Crippen LogP contribution < -0.4 is 0 Å². The molecule has 1 heterocycles. The van der Waals surface area contributed by atoms with Crippen LogP contribution in [0.25, 0.3) is 0 Å². The molecule has 0 bridgehead atoms. The monoisotopic (exact) mass is 344 g/mol. The Bertz CT molecular complexity index is 783. The number of carbonyl (C=O) groups is 1. The molecule has 1 fully saturated rings. The summed E-state index contributed by atoms with van der Waals surface area (Å²) in [6, 6.07) is 10.1. The zero-order valence-corrected chi connectivity index (χ0v) is 14.6. The van der Waals surface area contributed by atoms with Crippen LogP contribution in [0, 0.1) is 25.5 Å². The van der Waals surface area contributed by atoms with Crippen LogP contribution in [0.15, 0.2) is 36.4 Å². The highest BCUT2D eigenvalue weighted by atomic mass is 19.2. The van der Waals surface area contributed by atoms with Crippen molar-refractivity contribution in [2.75, 3.05) is 26.2 Å². The van der Waals surface area contributed by atoms with Crippen molar-refractivity contribution in [2.45, 2.75) is 20.4 Å². The van der Waals surface area contributed by atoms with Crippen LogP contribution in [-0.4, -0.2) is 41.9 Å². The molecule has 2 aromatic rings. The number of halogens is 2. The predicted octanol–water partition coefficient (Wildman–Crippen LogP) is 3.54. The Morgan fingerprint density at radius 3 is 2.44 bits per heavy atom. The number of amides is 1. The summed E-state index contributed by atoms with van der Waals surface area (Å²) in [4.78, 5) is 16.6. The van der Waals surface area contributed by atoms with E-state index in [2.05, 4.69) is 0 Å². The molecule has 1 amide bonds. The molecule has 1 aliphatic heterocycles. The molecule has 2 aromatic carbocycles. The molecular weight excluding hydrogens is 322 g/mol. The lowest BCUT2D eigenvalue weighted by Gasteiger charge is -2.35. The van der Waals surface area contributed by atoms with Gasteiger partial charge in [-0.2, -0.15) is 0 Å². The van der Waals surface area contributed by atoms with Crippen molar-refractivity contribution in [3.8, 4) is 0 Å². The van der Waals surface area contributed by atoms with Crippen LogP contribution in [0.1, 0.15) is 27.0 Å². The van der Waals surface area contributed by atoms with E-state index >= 15 is 0 Å². The zero-order chi connectivity index (χ0) is 18.0. The third kappa shape index (κ3) is 3.87. The second-order valence-corrected chi connectivity index (χ2v) is 6.60. The van der Waals surface area contributed by atoms with Gasteiger partial charge in [-0.1, -0.05) is 29.8 Å². The molecule has 0 radical (unpaired) electrons. The highest BCUT2D eigenvalue weighted by Crippen LogP contribution is 2.17. The van der Waals surface area contributed by atoms with Gasteiger partial charge in [0.15, 0.2) is 11.6 Å². The van der Waals surface area contributed by atoms with Crippen molar-refractivity contribution in [1.82, 2.24) is 9.80 Å². The summed E-state index contributed by atoms with van der Waals surface area (Å²) in [7, 11) is 0. The minimum atomic E-state index is -0.818. The fourth-order valence-electron chi connectivity index (χ4n) is 3.24. The second kappa shape index (κ2) is 7.31. The van der Waals surface area contributed by atoms with Gasteiger partial charge in [-0.25, -0.2) is 8.78 Å². The molecule has 0 unspecified atom stereocenters. The summed E-state index contributed by atoms with van der Waals surface area (Å²) >= 11 is 0. The van der Waals surface area contributed by atoms with Crippen molar-refractivity contribution in [1.29, 1.82) is 0 Å². The van der Waals surface area contributed by atoms with Gasteiger partial charge in [-0.15, -0.1) is 0 Å². The van der Waals surface area contributed by atoms with Crippen LogP contribution in [0.4, 0.5) is 8.78 Å². The van der Waals surface area contributed by atoms with Gasteiger partial charge >= 0.3 is 0 Å². The lowest BCUT2D eigenvalue weighted by molar-refractivity contribution is 0.0626. The van der Waals surface area contributed by atoms with E-state index in [9.17, 15) is 13.6 Å². The smallest absolute Gasteiger partial charge is 0.254 e. The summed E-state index contributed by atoms with van der Waals surface area (Å²) < 4.78 is 27.1. The molecule has 0 saturated carbocycles. The minimum Gasteiger partial charge on any atom is -0.336 e. The first-order valence-corrected chi connectivity index (χ1v) is 8.47. The third-order valence-corrected chi connectivity index (χ3v) is 4.70. The molecular formula is C20H22F2N2O. The molecule has 3 nitrogen and oxygen atoms in total. The highest BCUT2D eigenvalue weighted by Gasteiger charge is 2.24. The third-order valence-electron chi connectivity index (χ3n) is 4.70. The van der Waals surface area contributed by atoms with Gasteiger partial charge in [-0.3, -0.25) is 9.69 Å². The molecule has 25 heavy (non-hydrogen) atoms. The van der Waals surface area contributed by atoms with Gasteiger partial charge in [0.2, 0.25) is 0 Å². The number of nitrogens with zero attached hydrogens (tertiary/aromatic N) is 2. The van der Waals surface area contributed by atoms with Crippen LogP contribution in [0.5, 0.6) is 0 Å². The second-order valence-electron chi connectivity index (χ2n) is 6.60. The normalized spacial score (nSPS) is 15.4. The lowest BCUT2D eigenvalue weighted by atomic mass is 10.0. The number of rotatable bonds is 3. The Balaban J connectivity index is 1.61. The average Bonchev–Trinajstić information content (AvgIpc) is 2.59. The van der Waals surface area contributed by atoms with Gasteiger partial charge in [0, 0.05) is 43.9 Å². The first kappa shape index (κ1) is 17.5. The molecule has 0 N–H and O–H groups in total. The van der Waals surface area contributed by atoms with Crippen LogP contribution in [0.3, 0.4) is 0 Å². The summed E-state index contributed by atoms with van der Waals surface area (Å²) in [6.45, 7) is 6.77. The van der Waals surface area contributed by atoms with Crippen LogP contribution in [-0.2, 0) is 6.54 Å². The van der Waals surface area contributed by atoms with E-state index in [1.807, 2.05) is 41.8 Å². The van der Waals surface area contributed by atoms with E-state index in [4.69, 9.17) is 0 Å². The number of hydrogen-bond acceptors (Lipinski definition) is 2. The Morgan fingerprint density at radius 2 is 1.76 bits per heavy atom. The van der Waals surface area contributed by atoms with Crippen LogP contribution >= 0.6 is 0 Å². The quantitative estimate of drug-likeness (QED) is 0.850. The Hall–Kier alpha value is -2.27. The highest BCUT2D eigenvalue weighted by molar-refractivity contribution is 5.95. The number of aryl methyl sites for hydroxylation is 2. The van der Waals surface area contributed by atoms with Crippen molar-refractivity contribution in [3.63, 3.8) is 0 Å². The van der Waals surface area contributed by atoms with Crippen LogP contribution in [0.2, 0.25) is 0 Å². The SMILES string of the molecule is Cc1ccc(C(=O)N2CCN(Cc3cccc(F)c3F)CC2)c(C)c1. The maximum absolute atomic E-state index is 13.8. The first-order valence-electron chi connectivity index (χ1n) is 8.47. The lowest BCUT2D eigenvalue weighted by Crippen LogP contribution is -2.48. The van der Waals surface area contributed by atoms with Crippen molar-refractivity contribution < 1.29 is 13.6 Å². The number of benzene rings is 2. The average molecular weight is 344 g/mol. The molecule has 1 saturated heterocycles. The Morgan fingerprint density at radius 1 is 1.04 bits per heavy atom. The van der Waals surface area contributed by atoms with E-state index in [0.29, 0.717) is 38.3 Å². The number of hydrogen-bond donors (Lipinski definition) is 0. The molecule has 0 spiro atoms. The Labute approximate surface area is 146 Å². The predicted molar refractivity (Wildman–Crippen MR) is 93.5 cm³/mol. The summed E-state index contributed by atoms with van der Waals surface area (Å²) in [6.07, 6.45) is 0. The molecule has 132 valence electrons. The van der Waals surface area contributed by atoms with E-state index in [1.165, 1.54) is 6.07 Å². The van der Waals surface area contributed by atoms with E-state index in [-0.39, 0.29) is 5.91 Å². The molecule has 3 rings (SSSR count). The molecule has 5 heteroatoms. The largest absolute Gasteiger partial charge is 0.336 e. The van der Waals surface area contributed by atoms with E-state index in [0.717, 1.165) is 22.8 Å². The minimum absolute atomic E-state index is 0.0362. The fraction of sp³-hybridized carbons (Fsp3) is 0.350. The van der Waals surface area contributed by atoms with Crippen molar-refractivity contribution in [3.05, 3.63) is 70.3 Å². The van der Waals surface area contributed by atoms with Gasteiger partial charge in [0.25, 0.3) is 5.91 Å². The van der Waals surface area contributed by atoms with Gasteiger partial charge < -0.3 is 4.90 Å². The van der Waals surface area contributed by atoms with E-state index in [1.54, 1.807) is 6.07 Å². The first-order chi connectivity index (χ1) is 12.0. The van der Waals surface area contributed by atoms with Gasteiger partial charge in [-0.05, 0) is 31.5 Å². The van der Waals surface area contributed by atoms with Gasteiger partial charge in [0.1, 0.15) is 0 Å². The maximum atomic E-state index is 13.8. The molecule has 1 aliphatic rings. The summed E-state index contributed by atoms with van der Waals surface area (Å²) in [5, 5.41) is 0. The standard InChI is InChI=1S/C20H22F2N2O/c1-14-6-7-17(15(2)12-14)20(25)24-10-8-23(9-11-24)13-16-4-3-5-18(21)19(16)22/h3-7,12H,8-11,13H2,1-2H3. The fourth-order valence-corrected chi connectivity index (χ4v) is 3.24. The zero-order valence-electron chi connectivity index (χ0n) is 14.6. The molecule has 0 aliphatic carbocycles. The maximum Gasteiger partial charge on any atom is 0.254 e. The number of piperazine rings is 1. The van der Waals surface area contributed by atoms with Crippen molar-refractivity contribution in [2.24, 2.45) is 0 Å². The van der Waals surface area contributed by atoms with E-state index < -0.39 is 11.6 Å². The number of carbonyl (C=O) groups excluding carboxylic acids is 1. The van der Waals surface area contributed by atoms with Gasteiger partial charge in [0.05, 0.1) is 0 Å².